The predicted octanol–water partition coefficient (Wildman–Crippen LogP) is 2.46. The molecule has 0 saturated carbocycles. The maximum Gasteiger partial charge on any atom is 0.136 e. The quantitative estimate of drug-likeness (QED) is 0.928. The van der Waals surface area contributed by atoms with E-state index < -0.39 is 5.60 Å². The van der Waals surface area contributed by atoms with Crippen molar-refractivity contribution in [3.8, 4) is 0 Å². The number of methoxy groups -OCH3 is 1. The van der Waals surface area contributed by atoms with Crippen LogP contribution < -0.4 is 0 Å². The monoisotopic (exact) mass is 340 g/mol. The molecule has 1 aliphatic rings. The summed E-state index contributed by atoms with van der Waals surface area (Å²) in [6, 6.07) is 1.86. The van der Waals surface area contributed by atoms with Gasteiger partial charge in [-0.05, 0) is 34.8 Å². The number of nitrogens with zero attached hydrogens (tertiary/aromatic N) is 2. The maximum atomic E-state index is 11.2. The standard InChI is InChI=1S/C14H17BrN2O3/c1-19-8-6-17-13(11(15)9-16-17)14(18)5-2-3-12-10(14)4-7-20-12/h4,7,9,18H,2-3,5-6,8H2,1H3. The first-order chi connectivity index (χ1) is 9.66. The number of halogens is 1. The Bertz CT molecular complexity index is 607. The highest BCUT2D eigenvalue weighted by Crippen LogP contribution is 2.43. The molecule has 1 aliphatic carbocycles. The van der Waals surface area contributed by atoms with Gasteiger partial charge in [0.05, 0.1) is 35.8 Å². The molecule has 0 amide bonds. The molecule has 0 saturated heterocycles. The van der Waals surface area contributed by atoms with Crippen LogP contribution in [-0.4, -0.2) is 28.6 Å². The van der Waals surface area contributed by atoms with E-state index in [4.69, 9.17) is 9.15 Å². The zero-order chi connectivity index (χ0) is 14.2. The van der Waals surface area contributed by atoms with Crippen LogP contribution in [0, 0.1) is 0 Å². The van der Waals surface area contributed by atoms with Crippen LogP contribution in [0.15, 0.2) is 27.4 Å². The van der Waals surface area contributed by atoms with E-state index in [0.717, 1.165) is 34.3 Å². The molecule has 3 rings (SSSR count). The second kappa shape index (κ2) is 5.35. The van der Waals surface area contributed by atoms with Gasteiger partial charge in [-0.1, -0.05) is 0 Å². The third-order valence-corrected chi connectivity index (χ3v) is 4.41. The van der Waals surface area contributed by atoms with E-state index in [1.54, 1.807) is 24.3 Å². The highest BCUT2D eigenvalue weighted by molar-refractivity contribution is 9.10. The van der Waals surface area contributed by atoms with E-state index in [-0.39, 0.29) is 0 Å². The van der Waals surface area contributed by atoms with Gasteiger partial charge in [0.2, 0.25) is 0 Å². The molecule has 2 heterocycles. The maximum absolute atomic E-state index is 11.2. The average Bonchev–Trinajstić information content (AvgIpc) is 3.04. The number of hydrogen-bond acceptors (Lipinski definition) is 4. The van der Waals surface area contributed by atoms with E-state index in [9.17, 15) is 5.11 Å². The normalized spacial score (nSPS) is 21.9. The molecule has 20 heavy (non-hydrogen) atoms. The van der Waals surface area contributed by atoms with Crippen molar-refractivity contribution in [3.05, 3.63) is 40.0 Å². The molecule has 0 radical (unpaired) electrons. The largest absolute Gasteiger partial charge is 0.469 e. The molecule has 2 aromatic rings. The van der Waals surface area contributed by atoms with Crippen molar-refractivity contribution >= 4 is 15.9 Å². The molecule has 1 N–H and O–H groups in total. The van der Waals surface area contributed by atoms with Gasteiger partial charge in [-0.15, -0.1) is 0 Å². The Kier molecular flexibility index (Phi) is 3.70. The van der Waals surface area contributed by atoms with Crippen LogP contribution in [-0.2, 0) is 23.3 Å². The van der Waals surface area contributed by atoms with Crippen molar-refractivity contribution in [2.75, 3.05) is 13.7 Å². The van der Waals surface area contributed by atoms with Gasteiger partial charge in [0.1, 0.15) is 11.4 Å². The summed E-state index contributed by atoms with van der Waals surface area (Å²) < 4.78 is 13.2. The SMILES string of the molecule is COCCn1ncc(Br)c1C1(O)CCCc2occc21. The number of aromatic nitrogens is 2. The minimum absolute atomic E-state index is 0.551. The summed E-state index contributed by atoms with van der Waals surface area (Å²) in [5, 5.41) is 15.6. The van der Waals surface area contributed by atoms with Gasteiger partial charge in [0.15, 0.2) is 0 Å². The van der Waals surface area contributed by atoms with Gasteiger partial charge in [0.25, 0.3) is 0 Å². The van der Waals surface area contributed by atoms with E-state index in [0.29, 0.717) is 19.6 Å². The highest BCUT2D eigenvalue weighted by Gasteiger charge is 2.41. The van der Waals surface area contributed by atoms with E-state index in [1.165, 1.54) is 0 Å². The van der Waals surface area contributed by atoms with Crippen LogP contribution in [0.3, 0.4) is 0 Å². The molecular weight excluding hydrogens is 324 g/mol. The summed E-state index contributed by atoms with van der Waals surface area (Å²) in [6.07, 6.45) is 5.78. The van der Waals surface area contributed by atoms with Gasteiger partial charge in [0, 0.05) is 19.1 Å². The summed E-state index contributed by atoms with van der Waals surface area (Å²) in [4.78, 5) is 0. The number of aryl methyl sites for hydroxylation is 1. The third-order valence-electron chi connectivity index (χ3n) is 3.83. The number of furan rings is 1. The van der Waals surface area contributed by atoms with E-state index >= 15 is 0 Å². The fourth-order valence-electron chi connectivity index (χ4n) is 2.91. The van der Waals surface area contributed by atoms with Crippen LogP contribution in [0.2, 0.25) is 0 Å². The van der Waals surface area contributed by atoms with Gasteiger partial charge in [-0.25, -0.2) is 0 Å². The number of ether oxygens (including phenoxy) is 1. The van der Waals surface area contributed by atoms with Crippen molar-refractivity contribution in [2.45, 2.75) is 31.4 Å². The third kappa shape index (κ3) is 2.12. The molecule has 0 aliphatic heterocycles. The van der Waals surface area contributed by atoms with Crippen LogP contribution in [0.1, 0.15) is 29.9 Å². The van der Waals surface area contributed by atoms with Gasteiger partial charge in [-0.2, -0.15) is 5.10 Å². The number of fused-ring (bicyclic) bond motifs is 1. The van der Waals surface area contributed by atoms with E-state index in [2.05, 4.69) is 21.0 Å². The number of aliphatic hydroxyl groups is 1. The van der Waals surface area contributed by atoms with E-state index in [1.807, 2.05) is 6.07 Å². The first kappa shape index (κ1) is 13.9. The number of rotatable bonds is 4. The molecule has 2 aromatic heterocycles. The summed E-state index contributed by atoms with van der Waals surface area (Å²) in [5.74, 6) is 0.866. The predicted molar refractivity (Wildman–Crippen MR) is 76.4 cm³/mol. The molecular formula is C14H17BrN2O3. The smallest absolute Gasteiger partial charge is 0.136 e. The van der Waals surface area contributed by atoms with Crippen LogP contribution in [0.5, 0.6) is 0 Å². The fourth-order valence-corrected chi connectivity index (χ4v) is 3.53. The molecule has 0 aromatic carbocycles. The zero-order valence-electron chi connectivity index (χ0n) is 11.3. The van der Waals surface area contributed by atoms with Crippen LogP contribution in [0.25, 0.3) is 0 Å². The van der Waals surface area contributed by atoms with Crippen LogP contribution >= 0.6 is 15.9 Å². The van der Waals surface area contributed by atoms with Crippen molar-refractivity contribution in [2.24, 2.45) is 0 Å². The van der Waals surface area contributed by atoms with Crippen molar-refractivity contribution < 1.29 is 14.3 Å². The molecule has 0 fully saturated rings. The lowest BCUT2D eigenvalue weighted by Gasteiger charge is -2.32. The van der Waals surface area contributed by atoms with Crippen molar-refractivity contribution in [3.63, 3.8) is 0 Å². The van der Waals surface area contributed by atoms with Crippen molar-refractivity contribution in [1.82, 2.24) is 9.78 Å². The lowest BCUT2D eigenvalue weighted by molar-refractivity contribution is 0.0471. The lowest BCUT2D eigenvalue weighted by Crippen LogP contribution is -2.34. The second-order valence-electron chi connectivity index (χ2n) is 5.03. The highest BCUT2D eigenvalue weighted by atomic mass is 79.9. The van der Waals surface area contributed by atoms with Gasteiger partial charge >= 0.3 is 0 Å². The summed E-state index contributed by atoms with van der Waals surface area (Å²) >= 11 is 3.51. The topological polar surface area (TPSA) is 60.4 Å². The van der Waals surface area contributed by atoms with Gasteiger partial charge < -0.3 is 14.3 Å². The van der Waals surface area contributed by atoms with Crippen LogP contribution in [0.4, 0.5) is 0 Å². The first-order valence-electron chi connectivity index (χ1n) is 6.67. The lowest BCUT2D eigenvalue weighted by atomic mass is 9.80. The molecule has 1 unspecified atom stereocenters. The summed E-state index contributed by atoms with van der Waals surface area (Å²) in [6.45, 7) is 1.16. The Balaban J connectivity index is 2.07. The molecule has 6 heteroatoms. The molecule has 108 valence electrons. The van der Waals surface area contributed by atoms with Crippen molar-refractivity contribution in [1.29, 1.82) is 0 Å². The molecule has 5 nitrogen and oxygen atoms in total. The Morgan fingerprint density at radius 2 is 2.45 bits per heavy atom. The number of hydrogen-bond donors (Lipinski definition) is 1. The summed E-state index contributed by atoms with van der Waals surface area (Å²) in [5.41, 5.74) is 0.574. The fraction of sp³-hybridized carbons (Fsp3) is 0.500. The average molecular weight is 341 g/mol. The Hall–Kier alpha value is -1.11. The minimum Gasteiger partial charge on any atom is -0.469 e. The second-order valence-corrected chi connectivity index (χ2v) is 5.88. The Morgan fingerprint density at radius 3 is 3.25 bits per heavy atom. The first-order valence-corrected chi connectivity index (χ1v) is 7.46. The minimum atomic E-state index is -1.05. The summed E-state index contributed by atoms with van der Waals surface area (Å²) in [7, 11) is 1.65. The molecule has 0 spiro atoms. The zero-order valence-corrected chi connectivity index (χ0v) is 12.9. The Labute approximate surface area is 125 Å². The molecule has 1 atom stereocenters. The Morgan fingerprint density at radius 1 is 1.60 bits per heavy atom. The van der Waals surface area contributed by atoms with Gasteiger partial charge in [-0.3, -0.25) is 4.68 Å². The molecule has 0 bridgehead atoms.